The van der Waals surface area contributed by atoms with Crippen LogP contribution in [0.5, 0.6) is 0 Å². The van der Waals surface area contributed by atoms with E-state index in [-0.39, 0.29) is 6.04 Å². The number of nitrogens with one attached hydrogen (secondary N) is 2. The van der Waals surface area contributed by atoms with E-state index in [9.17, 15) is 0 Å². The van der Waals surface area contributed by atoms with Crippen molar-refractivity contribution < 1.29 is 0 Å². The summed E-state index contributed by atoms with van der Waals surface area (Å²) in [5.74, 6) is 0. The summed E-state index contributed by atoms with van der Waals surface area (Å²) in [6.07, 6.45) is 3.76. The van der Waals surface area contributed by atoms with Crippen molar-refractivity contribution in [3.63, 3.8) is 0 Å². The second-order valence-electron chi connectivity index (χ2n) is 6.27. The quantitative estimate of drug-likeness (QED) is 0.547. The van der Waals surface area contributed by atoms with Crippen LogP contribution in [0.2, 0.25) is 0 Å². The fourth-order valence-electron chi connectivity index (χ4n) is 3.05. The van der Waals surface area contributed by atoms with E-state index in [0.29, 0.717) is 0 Å². The average Bonchev–Trinajstić information content (AvgIpc) is 3.05. The van der Waals surface area contributed by atoms with Crippen molar-refractivity contribution in [2.75, 3.05) is 5.32 Å². The molecule has 0 bridgehead atoms. The van der Waals surface area contributed by atoms with Crippen molar-refractivity contribution >= 4 is 16.9 Å². The highest BCUT2D eigenvalue weighted by atomic mass is 14.9. The first-order valence-corrected chi connectivity index (χ1v) is 8.43. The number of hydrogen-bond acceptors (Lipinski definition) is 3. The van der Waals surface area contributed by atoms with Gasteiger partial charge < -0.3 is 10.3 Å². The number of anilines is 1. The van der Waals surface area contributed by atoms with E-state index in [1.807, 2.05) is 19.2 Å². The number of fused-ring (bicyclic) bond motifs is 1. The summed E-state index contributed by atoms with van der Waals surface area (Å²) in [5.41, 5.74) is 7.19. The molecule has 0 aliphatic heterocycles. The Morgan fingerprint density at radius 2 is 1.88 bits per heavy atom. The van der Waals surface area contributed by atoms with Gasteiger partial charge in [-0.1, -0.05) is 42.5 Å². The summed E-state index contributed by atoms with van der Waals surface area (Å²) >= 11 is 0. The fraction of sp³-hybridized carbons (Fsp3) is 0.143. The lowest BCUT2D eigenvalue weighted by Gasteiger charge is -2.16. The van der Waals surface area contributed by atoms with Crippen molar-refractivity contribution in [1.82, 2.24) is 15.0 Å². The van der Waals surface area contributed by atoms with Gasteiger partial charge in [-0.15, -0.1) is 0 Å². The number of rotatable bonds is 4. The molecule has 4 heteroatoms. The number of aromatic amines is 1. The molecule has 0 radical (unpaired) electrons. The molecule has 0 fully saturated rings. The monoisotopic (exact) mass is 328 g/mol. The van der Waals surface area contributed by atoms with Crippen LogP contribution < -0.4 is 5.32 Å². The Bertz CT molecular complexity index is 1000. The first kappa shape index (κ1) is 15.4. The lowest BCUT2D eigenvalue weighted by molar-refractivity contribution is 0.885. The standard InChI is InChI=1S/C21H20N4/c1-14-12-22-21-20(24-14)19(13-23-21)17-9-6-10-18(11-17)25-15(2)16-7-4-3-5-8-16/h3-13,15,25H,1-2H3,(H,22,23)/t15-/m0/s1. The summed E-state index contributed by atoms with van der Waals surface area (Å²) in [4.78, 5) is 12.2. The normalized spacial score (nSPS) is 12.2. The van der Waals surface area contributed by atoms with Crippen molar-refractivity contribution in [1.29, 1.82) is 0 Å². The zero-order valence-corrected chi connectivity index (χ0v) is 14.3. The Balaban J connectivity index is 1.66. The Morgan fingerprint density at radius 3 is 2.72 bits per heavy atom. The largest absolute Gasteiger partial charge is 0.379 e. The van der Waals surface area contributed by atoms with Crippen LogP contribution in [-0.4, -0.2) is 15.0 Å². The van der Waals surface area contributed by atoms with E-state index >= 15 is 0 Å². The van der Waals surface area contributed by atoms with E-state index in [1.54, 1.807) is 6.20 Å². The Morgan fingerprint density at radius 1 is 1.04 bits per heavy atom. The third-order valence-corrected chi connectivity index (χ3v) is 4.36. The lowest BCUT2D eigenvalue weighted by atomic mass is 10.1. The third-order valence-electron chi connectivity index (χ3n) is 4.36. The maximum Gasteiger partial charge on any atom is 0.156 e. The SMILES string of the molecule is Cc1cnc2[nH]cc(-c3cccc(N[C@@H](C)c4ccccc4)c3)c2n1. The Hall–Kier alpha value is -3.14. The molecule has 1 atom stereocenters. The molecule has 2 aromatic heterocycles. The van der Waals surface area contributed by atoms with Crippen molar-refractivity contribution in [3.8, 4) is 11.1 Å². The predicted molar refractivity (Wildman–Crippen MR) is 103 cm³/mol. The number of aromatic nitrogens is 3. The molecule has 0 aliphatic rings. The number of aryl methyl sites for hydroxylation is 1. The highest BCUT2D eigenvalue weighted by Crippen LogP contribution is 2.29. The maximum absolute atomic E-state index is 4.64. The number of nitrogens with zero attached hydrogens (tertiary/aromatic N) is 2. The number of benzene rings is 2. The minimum absolute atomic E-state index is 0.237. The highest BCUT2D eigenvalue weighted by molar-refractivity contribution is 5.91. The van der Waals surface area contributed by atoms with Crippen LogP contribution in [0, 0.1) is 6.92 Å². The van der Waals surface area contributed by atoms with Crippen LogP contribution in [0.1, 0.15) is 24.2 Å². The van der Waals surface area contributed by atoms with Gasteiger partial charge in [0.15, 0.2) is 5.65 Å². The van der Waals surface area contributed by atoms with Gasteiger partial charge in [-0.3, -0.25) is 0 Å². The number of H-pyrrole nitrogens is 1. The van der Waals surface area contributed by atoms with Crippen LogP contribution in [-0.2, 0) is 0 Å². The molecule has 25 heavy (non-hydrogen) atoms. The molecule has 0 aliphatic carbocycles. The van der Waals surface area contributed by atoms with Crippen LogP contribution in [0.25, 0.3) is 22.3 Å². The van der Waals surface area contributed by atoms with E-state index in [2.05, 4.69) is 75.7 Å². The molecule has 2 aromatic carbocycles. The molecule has 0 amide bonds. The predicted octanol–water partition coefficient (Wildman–Crippen LogP) is 5.11. The molecular formula is C21H20N4. The summed E-state index contributed by atoms with van der Waals surface area (Å²) in [7, 11) is 0. The van der Waals surface area contributed by atoms with Gasteiger partial charge in [-0.05, 0) is 37.1 Å². The Labute approximate surface area is 147 Å². The third kappa shape index (κ3) is 3.11. The molecule has 2 heterocycles. The summed E-state index contributed by atoms with van der Waals surface area (Å²) in [5, 5.41) is 3.57. The first-order chi connectivity index (χ1) is 12.2. The summed E-state index contributed by atoms with van der Waals surface area (Å²) in [6, 6.07) is 19.1. The molecule has 0 saturated carbocycles. The van der Waals surface area contributed by atoms with E-state index < -0.39 is 0 Å². The van der Waals surface area contributed by atoms with E-state index in [4.69, 9.17) is 0 Å². The molecule has 0 saturated heterocycles. The maximum atomic E-state index is 4.64. The van der Waals surface area contributed by atoms with Gasteiger partial charge in [0.05, 0.1) is 11.9 Å². The molecule has 0 spiro atoms. The highest BCUT2D eigenvalue weighted by Gasteiger charge is 2.10. The smallest absolute Gasteiger partial charge is 0.156 e. The van der Waals surface area contributed by atoms with Crippen molar-refractivity contribution in [3.05, 3.63) is 78.2 Å². The fourth-order valence-corrected chi connectivity index (χ4v) is 3.05. The van der Waals surface area contributed by atoms with E-state index in [0.717, 1.165) is 33.7 Å². The first-order valence-electron chi connectivity index (χ1n) is 8.43. The van der Waals surface area contributed by atoms with Gasteiger partial charge in [0.1, 0.15) is 5.52 Å². The van der Waals surface area contributed by atoms with Crippen LogP contribution in [0.15, 0.2) is 67.0 Å². The molecule has 124 valence electrons. The summed E-state index contributed by atoms with van der Waals surface area (Å²) < 4.78 is 0. The van der Waals surface area contributed by atoms with Crippen molar-refractivity contribution in [2.45, 2.75) is 19.9 Å². The molecule has 0 unspecified atom stereocenters. The topological polar surface area (TPSA) is 53.6 Å². The van der Waals surface area contributed by atoms with Gasteiger partial charge in [0.2, 0.25) is 0 Å². The molecular weight excluding hydrogens is 308 g/mol. The average molecular weight is 328 g/mol. The van der Waals surface area contributed by atoms with Gasteiger partial charge in [-0.2, -0.15) is 0 Å². The van der Waals surface area contributed by atoms with Gasteiger partial charge in [0, 0.05) is 23.5 Å². The molecule has 4 nitrogen and oxygen atoms in total. The lowest BCUT2D eigenvalue weighted by Crippen LogP contribution is -2.06. The van der Waals surface area contributed by atoms with Gasteiger partial charge >= 0.3 is 0 Å². The van der Waals surface area contributed by atoms with Gasteiger partial charge in [0.25, 0.3) is 0 Å². The second kappa shape index (κ2) is 6.40. The summed E-state index contributed by atoms with van der Waals surface area (Å²) in [6.45, 7) is 4.13. The minimum atomic E-state index is 0.237. The van der Waals surface area contributed by atoms with Crippen LogP contribution >= 0.6 is 0 Å². The second-order valence-corrected chi connectivity index (χ2v) is 6.27. The molecule has 4 aromatic rings. The molecule has 2 N–H and O–H groups in total. The van der Waals surface area contributed by atoms with Gasteiger partial charge in [-0.25, -0.2) is 9.97 Å². The molecule has 4 rings (SSSR count). The Kier molecular flexibility index (Phi) is 3.94. The van der Waals surface area contributed by atoms with E-state index in [1.165, 1.54) is 5.56 Å². The zero-order chi connectivity index (χ0) is 17.2. The minimum Gasteiger partial charge on any atom is -0.379 e. The number of hydrogen-bond donors (Lipinski definition) is 2. The van der Waals surface area contributed by atoms with Crippen LogP contribution in [0.4, 0.5) is 5.69 Å². The van der Waals surface area contributed by atoms with Crippen LogP contribution in [0.3, 0.4) is 0 Å². The van der Waals surface area contributed by atoms with Crippen molar-refractivity contribution in [2.24, 2.45) is 0 Å². The zero-order valence-electron chi connectivity index (χ0n) is 14.3.